The van der Waals surface area contributed by atoms with Crippen molar-refractivity contribution < 1.29 is 14.0 Å². The number of nitrogens with one attached hydrogen (secondary N) is 1. The summed E-state index contributed by atoms with van der Waals surface area (Å²) in [6.45, 7) is 2.25. The van der Waals surface area contributed by atoms with Gasteiger partial charge in [0.05, 0.1) is 24.8 Å². The summed E-state index contributed by atoms with van der Waals surface area (Å²) in [5, 5.41) is 3.16. The number of benzene rings is 1. The van der Waals surface area contributed by atoms with E-state index in [0.717, 1.165) is 42.6 Å². The number of fused-ring (bicyclic) bond motifs is 2. The van der Waals surface area contributed by atoms with Crippen LogP contribution in [0.5, 0.6) is 0 Å². The van der Waals surface area contributed by atoms with Crippen LogP contribution in [-0.2, 0) is 22.4 Å². The minimum absolute atomic E-state index is 0.00890. The standard InChI is InChI=1S/C21H24N2O3/c1-14(24)23-11-9-15-5-2-3-6-16(15)19(23)13-21(25)22-18-7-4-8-20-17(18)10-12-26-20/h2-3,5-6,10,12,18-19H,4,7-9,11,13H2,1H3,(H,22,25)/t18-,19+/m1/s1. The van der Waals surface area contributed by atoms with Crippen LogP contribution < -0.4 is 5.32 Å². The summed E-state index contributed by atoms with van der Waals surface area (Å²) in [5.74, 6) is 0.985. The number of amides is 2. The fourth-order valence-electron chi connectivity index (χ4n) is 4.31. The van der Waals surface area contributed by atoms with E-state index in [1.165, 1.54) is 5.56 Å². The molecule has 1 aromatic carbocycles. The number of carbonyl (C=O) groups excluding carboxylic acids is 2. The predicted octanol–water partition coefficient (Wildman–Crippen LogP) is 3.31. The Bertz CT molecular complexity index is 826. The maximum Gasteiger partial charge on any atom is 0.222 e. The van der Waals surface area contributed by atoms with Crippen LogP contribution in [0.1, 0.15) is 60.7 Å². The Morgan fingerprint density at radius 3 is 2.88 bits per heavy atom. The molecule has 1 aliphatic carbocycles. The quantitative estimate of drug-likeness (QED) is 0.922. The van der Waals surface area contributed by atoms with Crippen LogP contribution in [0.2, 0.25) is 0 Å². The molecule has 0 spiro atoms. The zero-order chi connectivity index (χ0) is 18.1. The Morgan fingerprint density at radius 1 is 1.19 bits per heavy atom. The molecule has 0 fully saturated rings. The number of furan rings is 1. The second kappa shape index (κ2) is 6.98. The lowest BCUT2D eigenvalue weighted by molar-refractivity contribution is -0.133. The summed E-state index contributed by atoms with van der Waals surface area (Å²) < 4.78 is 5.51. The van der Waals surface area contributed by atoms with Gasteiger partial charge in [0.25, 0.3) is 0 Å². The van der Waals surface area contributed by atoms with E-state index in [9.17, 15) is 9.59 Å². The van der Waals surface area contributed by atoms with Crippen LogP contribution in [0.25, 0.3) is 0 Å². The van der Waals surface area contributed by atoms with Crippen LogP contribution in [0.4, 0.5) is 0 Å². The molecule has 0 unspecified atom stereocenters. The van der Waals surface area contributed by atoms with E-state index in [1.807, 2.05) is 29.2 Å². The highest BCUT2D eigenvalue weighted by Gasteiger charge is 2.32. The van der Waals surface area contributed by atoms with Crippen LogP contribution in [0.15, 0.2) is 41.0 Å². The summed E-state index contributed by atoms with van der Waals surface area (Å²) in [6.07, 6.45) is 5.70. The summed E-state index contributed by atoms with van der Waals surface area (Å²) in [7, 11) is 0. The zero-order valence-electron chi connectivity index (χ0n) is 15.0. The minimum Gasteiger partial charge on any atom is -0.469 e. The number of aryl methyl sites for hydroxylation is 1. The van der Waals surface area contributed by atoms with E-state index in [1.54, 1.807) is 13.2 Å². The molecule has 5 nitrogen and oxygen atoms in total. The van der Waals surface area contributed by atoms with Gasteiger partial charge in [0.15, 0.2) is 0 Å². The van der Waals surface area contributed by atoms with Crippen molar-refractivity contribution in [2.24, 2.45) is 0 Å². The van der Waals surface area contributed by atoms with Gasteiger partial charge in [-0.05, 0) is 36.5 Å². The number of hydrogen-bond donors (Lipinski definition) is 1. The molecule has 1 aromatic heterocycles. The monoisotopic (exact) mass is 352 g/mol. The van der Waals surface area contributed by atoms with Gasteiger partial charge < -0.3 is 14.6 Å². The summed E-state index contributed by atoms with van der Waals surface area (Å²) in [5.41, 5.74) is 3.42. The Balaban J connectivity index is 1.52. The van der Waals surface area contributed by atoms with Gasteiger partial charge in [-0.1, -0.05) is 24.3 Å². The maximum atomic E-state index is 12.8. The van der Waals surface area contributed by atoms with Crippen molar-refractivity contribution in [3.8, 4) is 0 Å². The third kappa shape index (κ3) is 3.14. The molecule has 136 valence electrons. The normalized spacial score (nSPS) is 21.7. The molecule has 2 heterocycles. The average Bonchev–Trinajstić information content (AvgIpc) is 3.11. The van der Waals surface area contributed by atoms with Gasteiger partial charge in [-0.3, -0.25) is 9.59 Å². The lowest BCUT2D eigenvalue weighted by Crippen LogP contribution is -2.41. The summed E-state index contributed by atoms with van der Waals surface area (Å²) in [4.78, 5) is 26.7. The molecule has 2 aromatic rings. The van der Waals surface area contributed by atoms with Gasteiger partial charge in [-0.2, -0.15) is 0 Å². The first-order chi connectivity index (χ1) is 12.6. The fraction of sp³-hybridized carbons (Fsp3) is 0.429. The van der Waals surface area contributed by atoms with Crippen LogP contribution in [-0.4, -0.2) is 23.3 Å². The van der Waals surface area contributed by atoms with Crippen molar-refractivity contribution >= 4 is 11.8 Å². The Morgan fingerprint density at radius 2 is 2.04 bits per heavy atom. The average molecular weight is 352 g/mol. The van der Waals surface area contributed by atoms with Crippen molar-refractivity contribution in [3.05, 3.63) is 59.0 Å². The first-order valence-electron chi connectivity index (χ1n) is 9.34. The fourth-order valence-corrected chi connectivity index (χ4v) is 4.31. The first-order valence-corrected chi connectivity index (χ1v) is 9.34. The Kier molecular flexibility index (Phi) is 4.53. The molecular formula is C21H24N2O3. The Hall–Kier alpha value is -2.56. The topological polar surface area (TPSA) is 62.6 Å². The van der Waals surface area contributed by atoms with E-state index in [4.69, 9.17) is 4.42 Å². The SMILES string of the molecule is CC(=O)N1CCc2ccccc2[C@@H]1CC(=O)N[C@@H]1CCCc2occc21. The molecule has 1 aliphatic heterocycles. The van der Waals surface area contributed by atoms with E-state index in [2.05, 4.69) is 11.4 Å². The summed E-state index contributed by atoms with van der Waals surface area (Å²) in [6, 6.07) is 9.90. The van der Waals surface area contributed by atoms with Crippen LogP contribution >= 0.6 is 0 Å². The van der Waals surface area contributed by atoms with Crippen molar-refractivity contribution in [1.82, 2.24) is 10.2 Å². The van der Waals surface area contributed by atoms with Crippen molar-refractivity contribution in [3.63, 3.8) is 0 Å². The molecule has 4 rings (SSSR count). The molecule has 26 heavy (non-hydrogen) atoms. The molecule has 2 atom stereocenters. The Labute approximate surface area is 153 Å². The molecule has 2 aliphatic rings. The number of rotatable bonds is 3. The van der Waals surface area contributed by atoms with E-state index >= 15 is 0 Å². The van der Waals surface area contributed by atoms with E-state index < -0.39 is 0 Å². The first kappa shape index (κ1) is 16.9. The van der Waals surface area contributed by atoms with Gasteiger partial charge in [0.1, 0.15) is 5.76 Å². The molecule has 1 N–H and O–H groups in total. The molecule has 5 heteroatoms. The van der Waals surface area contributed by atoms with Gasteiger partial charge in [-0.15, -0.1) is 0 Å². The summed E-state index contributed by atoms with van der Waals surface area (Å²) >= 11 is 0. The third-order valence-electron chi connectivity index (χ3n) is 5.58. The van der Waals surface area contributed by atoms with Gasteiger partial charge in [-0.25, -0.2) is 0 Å². The van der Waals surface area contributed by atoms with Gasteiger partial charge in [0.2, 0.25) is 11.8 Å². The molecule has 0 radical (unpaired) electrons. The molecule has 0 saturated heterocycles. The minimum atomic E-state index is -0.190. The van der Waals surface area contributed by atoms with E-state index in [-0.39, 0.29) is 23.9 Å². The maximum absolute atomic E-state index is 12.8. The highest BCUT2D eigenvalue weighted by molar-refractivity contribution is 5.80. The second-order valence-electron chi connectivity index (χ2n) is 7.19. The highest BCUT2D eigenvalue weighted by Crippen LogP contribution is 2.34. The lowest BCUT2D eigenvalue weighted by Gasteiger charge is -2.37. The number of hydrogen-bond acceptors (Lipinski definition) is 3. The van der Waals surface area contributed by atoms with Gasteiger partial charge >= 0.3 is 0 Å². The van der Waals surface area contributed by atoms with Crippen LogP contribution in [0.3, 0.4) is 0 Å². The predicted molar refractivity (Wildman–Crippen MR) is 97.4 cm³/mol. The van der Waals surface area contributed by atoms with Crippen molar-refractivity contribution in [2.75, 3.05) is 6.54 Å². The van der Waals surface area contributed by atoms with Crippen molar-refractivity contribution in [2.45, 2.75) is 51.1 Å². The molecule has 0 bridgehead atoms. The highest BCUT2D eigenvalue weighted by atomic mass is 16.3. The smallest absolute Gasteiger partial charge is 0.222 e. The van der Waals surface area contributed by atoms with Gasteiger partial charge in [0, 0.05) is 25.5 Å². The number of nitrogens with zero attached hydrogens (tertiary/aromatic N) is 1. The largest absolute Gasteiger partial charge is 0.469 e. The molecule has 0 saturated carbocycles. The van der Waals surface area contributed by atoms with E-state index in [0.29, 0.717) is 13.0 Å². The van der Waals surface area contributed by atoms with Crippen molar-refractivity contribution in [1.29, 1.82) is 0 Å². The van der Waals surface area contributed by atoms with Crippen LogP contribution in [0, 0.1) is 0 Å². The molecular weight excluding hydrogens is 328 g/mol. The molecule has 2 amide bonds. The second-order valence-corrected chi connectivity index (χ2v) is 7.19. The number of carbonyl (C=O) groups is 2. The lowest BCUT2D eigenvalue weighted by atomic mass is 9.89. The third-order valence-corrected chi connectivity index (χ3v) is 5.58. The zero-order valence-corrected chi connectivity index (χ0v) is 15.0.